The van der Waals surface area contributed by atoms with Gasteiger partial charge in [0.25, 0.3) is 0 Å². The second-order valence-corrected chi connectivity index (χ2v) is 12.4. The van der Waals surface area contributed by atoms with Crippen LogP contribution in [0.25, 0.3) is 0 Å². The molecule has 0 saturated heterocycles. The number of aliphatic carboxylic acids is 2. The predicted octanol–water partition coefficient (Wildman–Crippen LogP) is 6.33. The van der Waals surface area contributed by atoms with Gasteiger partial charge in [-0.15, -0.1) is 0 Å². The Labute approximate surface area is 235 Å². The Morgan fingerprint density at radius 3 is 1.58 bits per heavy atom. The molecule has 0 amide bonds. The van der Waals surface area contributed by atoms with Gasteiger partial charge in [-0.05, 0) is 45.6 Å². The standard InChI is InChI=1S/C26H52N2O2.C5H11NO2/c1-5-6-7-8-9-10-11-12-13-14-15-16-17-18-19-20-22-27-23-21-24-28(3,4)25(2)26(29)30;1-6(2,3)4-5(7)8/h12-13,25,27H,5-11,14-24H2,1-4H3;4H2,1-3H3/p+2/b13-12-;. The predicted molar refractivity (Wildman–Crippen MR) is 162 cm³/mol. The van der Waals surface area contributed by atoms with Crippen LogP contribution in [-0.4, -0.2) is 98.6 Å². The van der Waals surface area contributed by atoms with E-state index >= 15 is 0 Å². The van der Waals surface area contributed by atoms with Crippen molar-refractivity contribution in [1.82, 2.24) is 5.32 Å². The molecule has 0 aliphatic carbocycles. The van der Waals surface area contributed by atoms with Gasteiger partial charge in [0.2, 0.25) is 0 Å². The second-order valence-electron chi connectivity index (χ2n) is 12.4. The first-order valence-electron chi connectivity index (χ1n) is 15.3. The van der Waals surface area contributed by atoms with Crippen molar-refractivity contribution in [1.29, 1.82) is 0 Å². The van der Waals surface area contributed by atoms with Gasteiger partial charge < -0.3 is 24.5 Å². The molecule has 0 heterocycles. The molecular formula is C31H65N3O4+2. The molecule has 0 bridgehead atoms. The summed E-state index contributed by atoms with van der Waals surface area (Å²) < 4.78 is 1.03. The topological polar surface area (TPSA) is 86.6 Å². The Hall–Kier alpha value is -1.44. The van der Waals surface area contributed by atoms with E-state index in [-0.39, 0.29) is 12.6 Å². The molecule has 0 saturated carbocycles. The molecule has 0 aromatic rings. The van der Waals surface area contributed by atoms with Crippen LogP contribution in [0.15, 0.2) is 12.2 Å². The highest BCUT2D eigenvalue weighted by atomic mass is 16.4. The monoisotopic (exact) mass is 543 g/mol. The Bertz CT molecular complexity index is 600. The summed E-state index contributed by atoms with van der Waals surface area (Å²) in [5, 5.41) is 20.9. The fourth-order valence-corrected chi connectivity index (χ4v) is 4.13. The number of allylic oxidation sites excluding steroid dienone is 2. The molecule has 0 radical (unpaired) electrons. The summed E-state index contributed by atoms with van der Waals surface area (Å²) in [6.07, 6.45) is 24.7. The molecule has 0 spiro atoms. The van der Waals surface area contributed by atoms with E-state index in [0.717, 1.165) is 26.1 Å². The van der Waals surface area contributed by atoms with Gasteiger partial charge in [0.15, 0.2) is 12.6 Å². The van der Waals surface area contributed by atoms with Crippen LogP contribution in [0.1, 0.15) is 110 Å². The number of hydrogen-bond acceptors (Lipinski definition) is 3. The van der Waals surface area contributed by atoms with Crippen LogP contribution < -0.4 is 5.32 Å². The SMILES string of the molecule is CCCCCCCC/C=C\CCCCCCCCNCCC[N+](C)(C)C(C)C(=O)O.C[N+](C)(C)CC(=O)O. The number of carboxylic acid groups (broad SMARTS) is 2. The molecule has 7 heteroatoms. The lowest BCUT2D eigenvalue weighted by molar-refractivity contribution is -0.904. The van der Waals surface area contributed by atoms with Gasteiger partial charge in [-0.1, -0.05) is 76.9 Å². The highest BCUT2D eigenvalue weighted by Gasteiger charge is 2.29. The summed E-state index contributed by atoms with van der Waals surface area (Å²) in [5.74, 6) is -1.46. The average molecular weight is 544 g/mol. The van der Waals surface area contributed by atoms with Gasteiger partial charge in [-0.25, -0.2) is 9.59 Å². The second kappa shape index (κ2) is 24.6. The number of carbonyl (C=O) groups is 2. The van der Waals surface area contributed by atoms with Crippen LogP contribution in [0.5, 0.6) is 0 Å². The van der Waals surface area contributed by atoms with Crippen molar-refractivity contribution < 1.29 is 28.8 Å². The molecule has 38 heavy (non-hydrogen) atoms. The summed E-state index contributed by atoms with van der Waals surface area (Å²) >= 11 is 0. The maximum Gasteiger partial charge on any atom is 0.362 e. The third kappa shape index (κ3) is 29.1. The zero-order chi connectivity index (χ0) is 29.3. The van der Waals surface area contributed by atoms with E-state index in [1.807, 2.05) is 35.2 Å². The highest BCUT2D eigenvalue weighted by molar-refractivity contribution is 5.71. The highest BCUT2D eigenvalue weighted by Crippen LogP contribution is 2.10. The van der Waals surface area contributed by atoms with Crippen molar-refractivity contribution in [2.75, 3.05) is 61.4 Å². The van der Waals surface area contributed by atoms with Crippen LogP contribution in [0, 0.1) is 0 Å². The lowest BCUT2D eigenvalue weighted by Crippen LogP contribution is -2.52. The fourth-order valence-electron chi connectivity index (χ4n) is 4.13. The molecule has 226 valence electrons. The Morgan fingerprint density at radius 2 is 1.16 bits per heavy atom. The van der Waals surface area contributed by atoms with E-state index in [1.165, 1.54) is 89.9 Å². The molecule has 0 fully saturated rings. The van der Waals surface area contributed by atoms with E-state index in [9.17, 15) is 9.59 Å². The first-order valence-corrected chi connectivity index (χ1v) is 15.3. The van der Waals surface area contributed by atoms with Crippen molar-refractivity contribution in [2.45, 2.75) is 116 Å². The van der Waals surface area contributed by atoms with Gasteiger partial charge in [-0.3, -0.25) is 0 Å². The number of likely N-dealkylation sites (N-methyl/N-ethyl adjacent to an activating group) is 2. The number of hydrogen-bond donors (Lipinski definition) is 3. The molecule has 0 aromatic heterocycles. The number of unbranched alkanes of at least 4 members (excludes halogenated alkanes) is 12. The molecule has 1 atom stereocenters. The number of rotatable bonds is 24. The molecule has 3 N–H and O–H groups in total. The van der Waals surface area contributed by atoms with Crippen LogP contribution in [-0.2, 0) is 9.59 Å². The zero-order valence-corrected chi connectivity index (χ0v) is 26.3. The minimum absolute atomic E-state index is 0.181. The molecule has 0 rings (SSSR count). The van der Waals surface area contributed by atoms with E-state index in [0.29, 0.717) is 8.97 Å². The van der Waals surface area contributed by atoms with E-state index in [4.69, 9.17) is 10.2 Å². The smallest absolute Gasteiger partial charge is 0.362 e. The van der Waals surface area contributed by atoms with Crippen LogP contribution >= 0.6 is 0 Å². The van der Waals surface area contributed by atoms with Gasteiger partial charge in [0.05, 0.1) is 41.8 Å². The minimum atomic E-state index is -0.752. The molecule has 0 aliphatic heterocycles. The van der Waals surface area contributed by atoms with Gasteiger partial charge in [0.1, 0.15) is 0 Å². The summed E-state index contributed by atoms with van der Waals surface area (Å²) in [7, 11) is 9.53. The third-order valence-corrected chi connectivity index (χ3v) is 6.97. The first-order chi connectivity index (χ1) is 17.8. The summed E-state index contributed by atoms with van der Waals surface area (Å²) in [4.78, 5) is 21.1. The average Bonchev–Trinajstić information content (AvgIpc) is 2.81. The van der Waals surface area contributed by atoms with E-state index < -0.39 is 11.9 Å². The molecular weight excluding hydrogens is 478 g/mol. The van der Waals surface area contributed by atoms with Crippen LogP contribution in [0.3, 0.4) is 0 Å². The lowest BCUT2D eigenvalue weighted by atomic mass is 10.1. The van der Waals surface area contributed by atoms with Crippen molar-refractivity contribution in [2.24, 2.45) is 0 Å². The van der Waals surface area contributed by atoms with Crippen molar-refractivity contribution in [3.63, 3.8) is 0 Å². The van der Waals surface area contributed by atoms with E-state index in [2.05, 4.69) is 24.4 Å². The van der Waals surface area contributed by atoms with Gasteiger partial charge in [0, 0.05) is 13.0 Å². The normalized spacial score (nSPS) is 12.8. The van der Waals surface area contributed by atoms with Gasteiger partial charge in [-0.2, -0.15) is 0 Å². The van der Waals surface area contributed by atoms with Gasteiger partial charge >= 0.3 is 11.9 Å². The maximum absolute atomic E-state index is 11.1. The fraction of sp³-hybridized carbons (Fsp3) is 0.871. The Balaban J connectivity index is 0. The summed E-state index contributed by atoms with van der Waals surface area (Å²) in [5.41, 5.74) is 0. The number of quaternary nitrogens is 2. The van der Waals surface area contributed by atoms with E-state index in [1.54, 1.807) is 6.92 Å². The van der Waals surface area contributed by atoms with Crippen LogP contribution in [0.2, 0.25) is 0 Å². The number of carboxylic acids is 2. The third-order valence-electron chi connectivity index (χ3n) is 6.97. The van der Waals surface area contributed by atoms with Crippen molar-refractivity contribution in [3.05, 3.63) is 12.2 Å². The molecule has 1 unspecified atom stereocenters. The Morgan fingerprint density at radius 1 is 0.711 bits per heavy atom. The number of nitrogens with zero attached hydrogens (tertiary/aromatic N) is 2. The summed E-state index contributed by atoms with van der Waals surface area (Å²) in [6.45, 7) is 7.22. The quantitative estimate of drug-likeness (QED) is 0.0752. The molecule has 0 aliphatic rings. The van der Waals surface area contributed by atoms with Crippen molar-refractivity contribution >= 4 is 11.9 Å². The molecule has 0 aromatic carbocycles. The largest absolute Gasteiger partial charge is 0.477 e. The zero-order valence-electron chi connectivity index (χ0n) is 26.3. The van der Waals surface area contributed by atoms with Crippen molar-refractivity contribution in [3.8, 4) is 0 Å². The first kappa shape index (κ1) is 38.7. The van der Waals surface area contributed by atoms with Crippen LogP contribution in [0.4, 0.5) is 0 Å². The Kier molecular flexibility index (Phi) is 25.0. The summed E-state index contributed by atoms with van der Waals surface area (Å²) in [6, 6.07) is -0.346. The minimum Gasteiger partial charge on any atom is -0.477 e. The number of nitrogens with one attached hydrogen (secondary N) is 1. The lowest BCUT2D eigenvalue weighted by Gasteiger charge is -2.33. The molecule has 7 nitrogen and oxygen atoms in total. The maximum atomic E-state index is 11.1.